The van der Waals surface area contributed by atoms with E-state index < -0.39 is 11.9 Å². The Morgan fingerprint density at radius 2 is 2.14 bits per heavy atom. The van der Waals surface area contributed by atoms with E-state index in [1.807, 2.05) is 31.2 Å². The highest BCUT2D eigenvalue weighted by atomic mass is 79.9. The molecule has 1 N–H and O–H groups in total. The number of carbonyl (C=O) groups excluding carboxylic acids is 1. The van der Waals surface area contributed by atoms with E-state index in [0.29, 0.717) is 25.8 Å². The van der Waals surface area contributed by atoms with Crippen LogP contribution in [0.3, 0.4) is 0 Å². The number of carbonyl (C=O) groups is 2. The van der Waals surface area contributed by atoms with Crippen LogP contribution >= 0.6 is 15.9 Å². The first-order valence-electron chi connectivity index (χ1n) is 7.24. The summed E-state index contributed by atoms with van der Waals surface area (Å²) in [5.74, 6) is -1.17. The Balaban J connectivity index is 1.93. The standard InChI is InChI=1S/C16H20BrNO3/c1-11-5-7-13(16(20)21)10-18(11)15(19)8-6-12-3-2-4-14(17)9-12/h2-4,9,11,13H,5-8,10H2,1H3,(H,20,21). The molecule has 0 spiro atoms. The second-order valence-electron chi connectivity index (χ2n) is 5.64. The number of carboxylic acids is 1. The van der Waals surface area contributed by atoms with E-state index in [1.54, 1.807) is 4.90 Å². The van der Waals surface area contributed by atoms with Crippen LogP contribution in [-0.4, -0.2) is 34.5 Å². The molecule has 2 rings (SSSR count). The van der Waals surface area contributed by atoms with E-state index in [0.717, 1.165) is 16.5 Å². The molecule has 1 aliphatic heterocycles. The van der Waals surface area contributed by atoms with Crippen LogP contribution in [0.5, 0.6) is 0 Å². The van der Waals surface area contributed by atoms with Crippen LogP contribution in [0.2, 0.25) is 0 Å². The minimum absolute atomic E-state index is 0.0495. The lowest BCUT2D eigenvalue weighted by Gasteiger charge is -2.36. The molecular formula is C16H20BrNO3. The van der Waals surface area contributed by atoms with Gasteiger partial charge in [0.15, 0.2) is 0 Å². The number of amides is 1. The fourth-order valence-electron chi connectivity index (χ4n) is 2.74. The van der Waals surface area contributed by atoms with Gasteiger partial charge in [0.2, 0.25) is 5.91 Å². The first kappa shape index (κ1) is 16.0. The molecule has 2 atom stereocenters. The molecular weight excluding hydrogens is 334 g/mol. The van der Waals surface area contributed by atoms with Crippen molar-refractivity contribution < 1.29 is 14.7 Å². The number of nitrogens with zero attached hydrogens (tertiary/aromatic N) is 1. The number of aliphatic carboxylic acids is 1. The van der Waals surface area contributed by atoms with Crippen molar-refractivity contribution in [3.63, 3.8) is 0 Å². The van der Waals surface area contributed by atoms with Gasteiger partial charge >= 0.3 is 5.97 Å². The van der Waals surface area contributed by atoms with Gasteiger partial charge in [-0.2, -0.15) is 0 Å². The number of hydrogen-bond donors (Lipinski definition) is 1. The Kier molecular flexibility index (Phi) is 5.39. The number of hydrogen-bond acceptors (Lipinski definition) is 2. The molecule has 21 heavy (non-hydrogen) atoms. The van der Waals surface area contributed by atoms with Crippen molar-refractivity contribution >= 4 is 27.8 Å². The molecule has 0 radical (unpaired) electrons. The summed E-state index contributed by atoms with van der Waals surface area (Å²) in [6, 6.07) is 8.05. The predicted molar refractivity (Wildman–Crippen MR) is 84.0 cm³/mol. The van der Waals surface area contributed by atoms with Gasteiger partial charge in [0.25, 0.3) is 0 Å². The van der Waals surface area contributed by atoms with Crippen LogP contribution in [0.1, 0.15) is 31.7 Å². The summed E-state index contributed by atoms with van der Waals surface area (Å²) in [6.07, 6.45) is 2.53. The molecule has 1 saturated heterocycles. The highest BCUT2D eigenvalue weighted by Crippen LogP contribution is 2.23. The fourth-order valence-corrected chi connectivity index (χ4v) is 3.19. The molecule has 1 fully saturated rings. The lowest BCUT2D eigenvalue weighted by Crippen LogP contribution is -2.47. The highest BCUT2D eigenvalue weighted by Gasteiger charge is 2.32. The molecule has 0 saturated carbocycles. The van der Waals surface area contributed by atoms with E-state index in [-0.39, 0.29) is 11.9 Å². The van der Waals surface area contributed by atoms with Crippen molar-refractivity contribution in [3.05, 3.63) is 34.3 Å². The molecule has 0 aliphatic carbocycles. The monoisotopic (exact) mass is 353 g/mol. The summed E-state index contributed by atoms with van der Waals surface area (Å²) in [5, 5.41) is 9.12. The topological polar surface area (TPSA) is 57.6 Å². The van der Waals surface area contributed by atoms with E-state index in [4.69, 9.17) is 5.11 Å². The van der Waals surface area contributed by atoms with Gasteiger partial charge in [-0.05, 0) is 43.9 Å². The average Bonchev–Trinajstić information content (AvgIpc) is 2.45. The van der Waals surface area contributed by atoms with Gasteiger partial charge in [-0.3, -0.25) is 9.59 Å². The van der Waals surface area contributed by atoms with Gasteiger partial charge in [-0.25, -0.2) is 0 Å². The van der Waals surface area contributed by atoms with Crippen LogP contribution in [0.25, 0.3) is 0 Å². The van der Waals surface area contributed by atoms with E-state index in [1.165, 1.54) is 0 Å². The van der Waals surface area contributed by atoms with Gasteiger partial charge in [-0.1, -0.05) is 28.1 Å². The molecule has 1 amide bonds. The zero-order valence-electron chi connectivity index (χ0n) is 12.1. The maximum atomic E-state index is 12.4. The number of carboxylic acid groups (broad SMARTS) is 1. The first-order valence-corrected chi connectivity index (χ1v) is 8.03. The maximum absolute atomic E-state index is 12.4. The molecule has 5 heteroatoms. The average molecular weight is 354 g/mol. The summed E-state index contributed by atoms with van der Waals surface area (Å²) in [4.78, 5) is 25.2. The van der Waals surface area contributed by atoms with Gasteiger partial charge in [0.1, 0.15) is 0 Å². The third-order valence-corrected chi connectivity index (χ3v) is 4.56. The maximum Gasteiger partial charge on any atom is 0.308 e. The van der Waals surface area contributed by atoms with Gasteiger partial charge in [0.05, 0.1) is 5.92 Å². The van der Waals surface area contributed by atoms with Gasteiger partial charge in [-0.15, -0.1) is 0 Å². The van der Waals surface area contributed by atoms with Crippen molar-refractivity contribution in [2.24, 2.45) is 5.92 Å². The Morgan fingerprint density at radius 1 is 1.38 bits per heavy atom. The SMILES string of the molecule is CC1CCC(C(=O)O)CN1C(=O)CCc1cccc(Br)c1. The smallest absolute Gasteiger partial charge is 0.308 e. The summed E-state index contributed by atoms with van der Waals surface area (Å²) in [7, 11) is 0. The van der Waals surface area contributed by atoms with Gasteiger partial charge in [0, 0.05) is 23.5 Å². The number of benzene rings is 1. The molecule has 4 nitrogen and oxygen atoms in total. The lowest BCUT2D eigenvalue weighted by molar-refractivity contribution is -0.147. The summed E-state index contributed by atoms with van der Waals surface area (Å²) >= 11 is 3.42. The Bertz CT molecular complexity index is 532. The van der Waals surface area contributed by atoms with Crippen LogP contribution in [0.15, 0.2) is 28.7 Å². The fraction of sp³-hybridized carbons (Fsp3) is 0.500. The molecule has 1 aromatic rings. The number of rotatable bonds is 4. The van der Waals surface area contributed by atoms with Crippen LogP contribution in [0.4, 0.5) is 0 Å². The zero-order valence-corrected chi connectivity index (χ0v) is 13.7. The predicted octanol–water partition coefficient (Wildman–Crippen LogP) is 3.09. The van der Waals surface area contributed by atoms with Crippen molar-refractivity contribution in [2.75, 3.05) is 6.54 Å². The minimum Gasteiger partial charge on any atom is -0.481 e. The number of halogens is 1. The van der Waals surface area contributed by atoms with Crippen LogP contribution < -0.4 is 0 Å². The minimum atomic E-state index is -0.799. The summed E-state index contributed by atoms with van der Waals surface area (Å²) < 4.78 is 1.00. The zero-order chi connectivity index (χ0) is 15.4. The molecule has 1 aromatic carbocycles. The molecule has 2 unspecified atom stereocenters. The van der Waals surface area contributed by atoms with E-state index in [9.17, 15) is 9.59 Å². The number of piperidine rings is 1. The normalized spacial score (nSPS) is 22.1. The molecule has 1 aliphatic rings. The molecule has 0 bridgehead atoms. The van der Waals surface area contributed by atoms with Crippen LogP contribution in [0, 0.1) is 5.92 Å². The summed E-state index contributed by atoms with van der Waals surface area (Å²) in [5.41, 5.74) is 1.11. The molecule has 1 heterocycles. The van der Waals surface area contributed by atoms with Crippen molar-refractivity contribution in [3.8, 4) is 0 Å². The van der Waals surface area contributed by atoms with Crippen LogP contribution in [-0.2, 0) is 16.0 Å². The number of likely N-dealkylation sites (tertiary alicyclic amines) is 1. The highest BCUT2D eigenvalue weighted by molar-refractivity contribution is 9.10. The largest absolute Gasteiger partial charge is 0.481 e. The Morgan fingerprint density at radius 3 is 2.81 bits per heavy atom. The third-order valence-electron chi connectivity index (χ3n) is 4.07. The van der Waals surface area contributed by atoms with E-state index in [2.05, 4.69) is 15.9 Å². The second kappa shape index (κ2) is 7.07. The van der Waals surface area contributed by atoms with Crippen molar-refractivity contribution in [1.82, 2.24) is 4.90 Å². The molecule has 0 aromatic heterocycles. The lowest BCUT2D eigenvalue weighted by atomic mass is 9.93. The Labute approximate surface area is 133 Å². The summed E-state index contributed by atoms with van der Waals surface area (Å²) in [6.45, 7) is 2.34. The van der Waals surface area contributed by atoms with Crippen molar-refractivity contribution in [1.29, 1.82) is 0 Å². The third kappa shape index (κ3) is 4.30. The van der Waals surface area contributed by atoms with Gasteiger partial charge < -0.3 is 10.0 Å². The first-order chi connectivity index (χ1) is 9.97. The van der Waals surface area contributed by atoms with Crippen molar-refractivity contribution in [2.45, 2.75) is 38.6 Å². The quantitative estimate of drug-likeness (QED) is 0.904. The second-order valence-corrected chi connectivity index (χ2v) is 6.55. The number of aryl methyl sites for hydroxylation is 1. The Hall–Kier alpha value is -1.36. The molecule has 114 valence electrons. The van der Waals surface area contributed by atoms with E-state index >= 15 is 0 Å².